The van der Waals surface area contributed by atoms with Crippen LogP contribution in [-0.2, 0) is 20.4 Å². The summed E-state index contributed by atoms with van der Waals surface area (Å²) in [6, 6.07) is 0. The molecule has 17 heavy (non-hydrogen) atoms. The number of hydrogen-bond acceptors (Lipinski definition) is 0. The molecule has 5 heteroatoms. The first-order valence-electron chi connectivity index (χ1n) is 6.36. The van der Waals surface area contributed by atoms with Gasteiger partial charge in [0.2, 0.25) is 0 Å². The molecule has 0 atom stereocenters. The molecule has 0 nitrogen and oxygen atoms in total. The van der Waals surface area contributed by atoms with Crippen LogP contribution in [0.3, 0.4) is 0 Å². The summed E-state index contributed by atoms with van der Waals surface area (Å²) in [7, 11) is 0.275. The Morgan fingerprint density at radius 3 is 0.588 bits per heavy atom. The smallest absolute Gasteiger partial charge is 1.00 e. The molecule has 0 aromatic carbocycles. The van der Waals surface area contributed by atoms with E-state index in [-0.39, 0.29) is 61.1 Å². The van der Waals surface area contributed by atoms with Crippen LogP contribution in [0.5, 0.6) is 0 Å². The maximum absolute atomic E-state index is 2.31. The van der Waals surface area contributed by atoms with Crippen LogP contribution in [0.25, 0.3) is 0 Å². The Hall–Kier alpha value is 2.10. The van der Waals surface area contributed by atoms with Gasteiger partial charge in [-0.25, -0.2) is 0 Å². The second-order valence-corrected chi connectivity index (χ2v) is 10.9. The first-order chi connectivity index (χ1) is 6.69. The molecular formula is C12H32Cl2P2Pd+2. The molecule has 0 unspecified atom stereocenters. The fourth-order valence-corrected chi connectivity index (χ4v) is 4.50. The number of halogens is 2. The third-order valence-corrected chi connectivity index (χ3v) is 9.00. The SMILES string of the molecule is CC[PH+](CC)CC.CC[PH+](CC)CC.[Cl-].[Cl-].[Pd+2]. The van der Waals surface area contributed by atoms with Crippen molar-refractivity contribution in [2.24, 2.45) is 0 Å². The fourth-order valence-electron chi connectivity index (χ4n) is 1.50. The zero-order chi connectivity index (χ0) is 11.4. The van der Waals surface area contributed by atoms with E-state index in [0.29, 0.717) is 0 Å². The second-order valence-electron chi connectivity index (χ2n) is 3.62. The Balaban J connectivity index is -0.0000000480. The largest absolute Gasteiger partial charge is 2.00 e. The Kier molecular flexibility index (Phi) is 49.3. The van der Waals surface area contributed by atoms with Gasteiger partial charge in [0.05, 0.1) is 37.0 Å². The molecule has 0 radical (unpaired) electrons. The van der Waals surface area contributed by atoms with Gasteiger partial charge in [0, 0.05) is 0 Å². The van der Waals surface area contributed by atoms with E-state index in [1.165, 1.54) is 37.0 Å². The molecule has 0 rings (SSSR count). The third-order valence-electron chi connectivity index (χ3n) is 3.00. The van der Waals surface area contributed by atoms with Crippen LogP contribution < -0.4 is 24.8 Å². The average Bonchev–Trinajstić information content (AvgIpc) is 2.24. The standard InChI is InChI=1S/2C6H15P.2ClH.Pd/c2*1-4-7(5-2)6-3;;;/h2*4-6H2,1-3H3;2*1H;/q;;;;+2. The monoisotopic (exact) mass is 414 g/mol. The summed E-state index contributed by atoms with van der Waals surface area (Å²) in [6.07, 6.45) is 8.74. The van der Waals surface area contributed by atoms with E-state index in [1.807, 2.05) is 0 Å². The van der Waals surface area contributed by atoms with Gasteiger partial charge in [0.25, 0.3) is 0 Å². The van der Waals surface area contributed by atoms with Crippen LogP contribution in [0.2, 0.25) is 0 Å². The Labute approximate surface area is 139 Å². The summed E-state index contributed by atoms with van der Waals surface area (Å²) >= 11 is 0. The summed E-state index contributed by atoms with van der Waals surface area (Å²) < 4.78 is 0. The van der Waals surface area contributed by atoms with E-state index in [0.717, 1.165) is 0 Å². The van der Waals surface area contributed by atoms with E-state index < -0.39 is 0 Å². The molecule has 0 heterocycles. The van der Waals surface area contributed by atoms with Crippen LogP contribution in [-0.4, -0.2) is 37.0 Å². The first-order valence-corrected chi connectivity index (χ1v) is 10.6. The Morgan fingerprint density at radius 2 is 0.588 bits per heavy atom. The van der Waals surface area contributed by atoms with Crippen molar-refractivity contribution in [1.29, 1.82) is 0 Å². The van der Waals surface area contributed by atoms with E-state index in [4.69, 9.17) is 0 Å². The summed E-state index contributed by atoms with van der Waals surface area (Å²) in [5, 5.41) is 0. The molecule has 0 aromatic rings. The van der Waals surface area contributed by atoms with Crippen molar-refractivity contribution in [2.75, 3.05) is 37.0 Å². The molecule has 0 aliphatic heterocycles. The minimum atomic E-state index is 0. The van der Waals surface area contributed by atoms with Crippen LogP contribution in [0.1, 0.15) is 41.5 Å². The number of rotatable bonds is 6. The van der Waals surface area contributed by atoms with E-state index in [1.54, 1.807) is 0 Å². The summed E-state index contributed by atoms with van der Waals surface area (Å²) in [4.78, 5) is 0. The van der Waals surface area contributed by atoms with Crippen LogP contribution >= 0.6 is 15.8 Å². The van der Waals surface area contributed by atoms with E-state index in [9.17, 15) is 0 Å². The molecule has 0 fully saturated rings. The summed E-state index contributed by atoms with van der Waals surface area (Å²) in [6.45, 7) is 13.8. The fraction of sp³-hybridized carbons (Fsp3) is 1.00. The molecule has 0 saturated carbocycles. The third kappa shape index (κ3) is 23.6. The molecule has 0 aliphatic carbocycles. The van der Waals surface area contributed by atoms with Crippen molar-refractivity contribution < 1.29 is 45.2 Å². The zero-order valence-electron chi connectivity index (χ0n) is 12.3. The molecule has 0 spiro atoms. The molecule has 0 aromatic heterocycles. The van der Waals surface area contributed by atoms with Crippen LogP contribution in [0.4, 0.5) is 0 Å². The Morgan fingerprint density at radius 1 is 0.471 bits per heavy atom. The molecule has 0 bridgehead atoms. The molecule has 0 aliphatic rings. The van der Waals surface area contributed by atoms with Gasteiger partial charge in [-0.15, -0.1) is 0 Å². The zero-order valence-corrected chi connectivity index (χ0v) is 17.4. The van der Waals surface area contributed by atoms with Crippen LogP contribution in [0.15, 0.2) is 0 Å². The molecule has 0 saturated heterocycles. The topological polar surface area (TPSA) is 0 Å². The summed E-state index contributed by atoms with van der Waals surface area (Å²) in [5.41, 5.74) is 0. The van der Waals surface area contributed by atoms with Crippen molar-refractivity contribution >= 4 is 15.8 Å². The van der Waals surface area contributed by atoms with Crippen molar-refractivity contribution in [2.45, 2.75) is 41.5 Å². The first kappa shape index (κ1) is 31.5. The van der Waals surface area contributed by atoms with Crippen molar-refractivity contribution in [3.05, 3.63) is 0 Å². The van der Waals surface area contributed by atoms with Gasteiger partial charge in [-0.3, -0.25) is 0 Å². The van der Waals surface area contributed by atoms with Crippen molar-refractivity contribution in [3.63, 3.8) is 0 Å². The average molecular weight is 416 g/mol. The molecule has 0 N–H and O–H groups in total. The predicted octanol–water partition coefficient (Wildman–Crippen LogP) is -1.47. The molecular weight excluding hydrogens is 383 g/mol. The van der Waals surface area contributed by atoms with E-state index in [2.05, 4.69) is 41.5 Å². The van der Waals surface area contributed by atoms with Gasteiger partial charge in [-0.2, -0.15) is 0 Å². The molecule has 0 amide bonds. The van der Waals surface area contributed by atoms with E-state index >= 15 is 0 Å². The maximum atomic E-state index is 2.31. The Bertz CT molecular complexity index is 77.5. The van der Waals surface area contributed by atoms with Gasteiger partial charge >= 0.3 is 20.4 Å². The normalized spacial score (nSPS) is 8.47. The maximum Gasteiger partial charge on any atom is 2.00 e. The van der Waals surface area contributed by atoms with Crippen LogP contribution in [0, 0.1) is 0 Å². The van der Waals surface area contributed by atoms with Gasteiger partial charge in [0.1, 0.15) is 0 Å². The summed E-state index contributed by atoms with van der Waals surface area (Å²) in [5.74, 6) is 0. The minimum absolute atomic E-state index is 0. The molecule has 112 valence electrons. The van der Waals surface area contributed by atoms with Gasteiger partial charge < -0.3 is 24.8 Å². The van der Waals surface area contributed by atoms with Crippen molar-refractivity contribution in [1.82, 2.24) is 0 Å². The predicted molar refractivity (Wildman–Crippen MR) is 79.9 cm³/mol. The van der Waals surface area contributed by atoms with Crippen molar-refractivity contribution in [3.8, 4) is 0 Å². The van der Waals surface area contributed by atoms with Gasteiger partial charge in [-0.05, 0) is 57.4 Å². The quantitative estimate of drug-likeness (QED) is 0.367. The minimum Gasteiger partial charge on any atom is -1.00 e. The van der Waals surface area contributed by atoms with Gasteiger partial charge in [0.15, 0.2) is 0 Å². The number of hydrogen-bond donors (Lipinski definition) is 0. The van der Waals surface area contributed by atoms with Gasteiger partial charge in [-0.1, -0.05) is 0 Å². The second kappa shape index (κ2) is 26.6.